The summed E-state index contributed by atoms with van der Waals surface area (Å²) in [4.78, 5) is 23.1. The number of nitrogens with zero attached hydrogens (tertiary/aromatic N) is 2. The van der Waals surface area contributed by atoms with Crippen LogP contribution in [0.2, 0.25) is 5.02 Å². The van der Waals surface area contributed by atoms with E-state index in [9.17, 15) is 14.9 Å². The van der Waals surface area contributed by atoms with Gasteiger partial charge in [0, 0.05) is 31.6 Å². The van der Waals surface area contributed by atoms with Crippen LogP contribution in [-0.2, 0) is 16.0 Å². The first-order chi connectivity index (χ1) is 9.41. The Morgan fingerprint density at radius 2 is 2.15 bits per heavy atom. The summed E-state index contributed by atoms with van der Waals surface area (Å²) in [6, 6.07) is 4.65. The molecule has 0 heterocycles. The number of nitro benzene ring substituents is 1. The van der Waals surface area contributed by atoms with Gasteiger partial charge in [0.25, 0.3) is 5.69 Å². The Bertz CT molecular complexity index is 493. The van der Waals surface area contributed by atoms with Crippen molar-refractivity contribution in [1.82, 2.24) is 4.90 Å². The minimum atomic E-state index is -0.430. The first-order valence-electron chi connectivity index (χ1n) is 6.15. The Morgan fingerprint density at radius 1 is 1.45 bits per heavy atom. The lowest BCUT2D eigenvalue weighted by molar-refractivity contribution is -0.385. The van der Waals surface area contributed by atoms with Crippen LogP contribution in [-0.4, -0.2) is 42.5 Å². The maximum Gasteiger partial charge on any atom is 0.302 e. The monoisotopic (exact) mass is 300 g/mol. The van der Waals surface area contributed by atoms with Crippen LogP contribution < -0.4 is 0 Å². The highest BCUT2D eigenvalue weighted by atomic mass is 35.5. The lowest BCUT2D eigenvalue weighted by Gasteiger charge is -2.16. The van der Waals surface area contributed by atoms with Crippen molar-refractivity contribution in [3.05, 3.63) is 38.9 Å². The largest absolute Gasteiger partial charge is 0.465 e. The molecule has 0 atom stereocenters. The molecule has 1 rings (SSSR count). The zero-order valence-electron chi connectivity index (χ0n) is 11.5. The standard InChI is InChI=1S/C13H17ClN2O4/c1-10(17)20-9-8-15(2)7-6-11-12(14)4-3-5-13(11)16(18)19/h3-5H,6-9H2,1-2H3. The molecule has 1 aromatic rings. The molecule has 1 aromatic carbocycles. The zero-order chi connectivity index (χ0) is 15.1. The van der Waals surface area contributed by atoms with Gasteiger partial charge in [-0.15, -0.1) is 0 Å². The molecule has 0 bridgehead atoms. The minimum absolute atomic E-state index is 0.0332. The SMILES string of the molecule is CC(=O)OCCN(C)CCc1c(Cl)cccc1[N+](=O)[O-]. The molecule has 6 nitrogen and oxygen atoms in total. The maximum atomic E-state index is 10.9. The summed E-state index contributed by atoms with van der Waals surface area (Å²) in [6.07, 6.45) is 0.465. The van der Waals surface area contributed by atoms with Gasteiger partial charge in [-0.3, -0.25) is 14.9 Å². The van der Waals surface area contributed by atoms with Gasteiger partial charge in [0.15, 0.2) is 0 Å². The number of hydrogen-bond acceptors (Lipinski definition) is 5. The van der Waals surface area contributed by atoms with E-state index in [4.69, 9.17) is 16.3 Å². The zero-order valence-corrected chi connectivity index (χ0v) is 12.2. The van der Waals surface area contributed by atoms with Gasteiger partial charge >= 0.3 is 5.97 Å². The number of halogens is 1. The van der Waals surface area contributed by atoms with E-state index in [2.05, 4.69) is 0 Å². The molecule has 0 amide bonds. The number of ether oxygens (including phenoxy) is 1. The van der Waals surface area contributed by atoms with Crippen LogP contribution in [0.3, 0.4) is 0 Å². The first-order valence-corrected chi connectivity index (χ1v) is 6.53. The Kier molecular flexibility index (Phi) is 6.41. The topological polar surface area (TPSA) is 72.7 Å². The van der Waals surface area contributed by atoms with E-state index in [1.54, 1.807) is 12.1 Å². The van der Waals surface area contributed by atoms with Crippen molar-refractivity contribution in [2.45, 2.75) is 13.3 Å². The fourth-order valence-corrected chi connectivity index (χ4v) is 1.99. The number of likely N-dealkylation sites (N-methyl/N-ethyl adjacent to an activating group) is 1. The first kappa shape index (κ1) is 16.4. The minimum Gasteiger partial charge on any atom is -0.465 e. The third kappa shape index (κ3) is 5.14. The summed E-state index contributed by atoms with van der Waals surface area (Å²) in [5.41, 5.74) is 0.560. The van der Waals surface area contributed by atoms with Crippen molar-refractivity contribution < 1.29 is 14.5 Å². The summed E-state index contributed by atoms with van der Waals surface area (Å²) >= 11 is 6.01. The van der Waals surface area contributed by atoms with E-state index in [1.165, 1.54) is 13.0 Å². The molecule has 0 unspecified atom stereocenters. The third-order valence-corrected chi connectivity index (χ3v) is 3.17. The van der Waals surface area contributed by atoms with Crippen LogP contribution in [0.4, 0.5) is 5.69 Å². The van der Waals surface area contributed by atoms with Gasteiger partial charge in [-0.2, -0.15) is 0 Å². The lowest BCUT2D eigenvalue weighted by atomic mass is 10.1. The normalized spacial score (nSPS) is 10.6. The smallest absolute Gasteiger partial charge is 0.302 e. The Balaban J connectivity index is 2.57. The van der Waals surface area contributed by atoms with Crippen LogP contribution in [0.25, 0.3) is 0 Å². The van der Waals surface area contributed by atoms with Gasteiger partial charge in [-0.05, 0) is 19.5 Å². The molecule has 0 saturated carbocycles. The summed E-state index contributed by atoms with van der Waals surface area (Å²) in [5, 5.41) is 11.3. The van der Waals surface area contributed by atoms with Gasteiger partial charge in [0.05, 0.1) is 9.95 Å². The summed E-state index contributed by atoms with van der Waals surface area (Å²) in [5.74, 6) is -0.319. The van der Waals surface area contributed by atoms with Crippen LogP contribution in [0.5, 0.6) is 0 Å². The second-order valence-corrected chi connectivity index (χ2v) is 4.80. The fourth-order valence-electron chi connectivity index (χ4n) is 1.73. The van der Waals surface area contributed by atoms with Gasteiger partial charge in [-0.1, -0.05) is 17.7 Å². The highest BCUT2D eigenvalue weighted by molar-refractivity contribution is 6.31. The second-order valence-electron chi connectivity index (χ2n) is 4.39. The highest BCUT2D eigenvalue weighted by Gasteiger charge is 2.16. The van der Waals surface area contributed by atoms with Crippen molar-refractivity contribution in [3.8, 4) is 0 Å². The number of carbonyl (C=O) groups excluding carboxylic acids is 1. The number of nitro groups is 1. The number of carbonyl (C=O) groups is 1. The van der Waals surface area contributed by atoms with Crippen molar-refractivity contribution >= 4 is 23.3 Å². The number of hydrogen-bond donors (Lipinski definition) is 0. The van der Waals surface area contributed by atoms with Crippen molar-refractivity contribution in [2.24, 2.45) is 0 Å². The van der Waals surface area contributed by atoms with Gasteiger partial charge < -0.3 is 9.64 Å². The molecule has 0 aliphatic rings. The molecule has 0 aliphatic heterocycles. The Labute approximate surface area is 122 Å². The number of benzene rings is 1. The van der Waals surface area contributed by atoms with Crippen LogP contribution in [0.15, 0.2) is 18.2 Å². The highest BCUT2D eigenvalue weighted by Crippen LogP contribution is 2.26. The molecular formula is C13H17ClN2O4. The predicted octanol–water partition coefficient (Wildman–Crippen LogP) is 2.29. The van der Waals surface area contributed by atoms with Crippen LogP contribution in [0.1, 0.15) is 12.5 Å². The molecule has 0 spiro atoms. The van der Waals surface area contributed by atoms with Gasteiger partial charge in [-0.25, -0.2) is 0 Å². The molecule has 0 N–H and O–H groups in total. The van der Waals surface area contributed by atoms with E-state index in [-0.39, 0.29) is 11.7 Å². The Morgan fingerprint density at radius 3 is 2.75 bits per heavy atom. The molecule has 0 aromatic heterocycles. The van der Waals surface area contributed by atoms with Crippen molar-refractivity contribution in [1.29, 1.82) is 0 Å². The van der Waals surface area contributed by atoms with Crippen molar-refractivity contribution in [2.75, 3.05) is 26.7 Å². The van der Waals surface area contributed by atoms with E-state index >= 15 is 0 Å². The molecule has 0 radical (unpaired) electrons. The summed E-state index contributed by atoms with van der Waals surface area (Å²) in [7, 11) is 1.85. The summed E-state index contributed by atoms with van der Waals surface area (Å²) in [6.45, 7) is 2.81. The molecule has 110 valence electrons. The number of rotatable bonds is 7. The molecule has 0 fully saturated rings. The van der Waals surface area contributed by atoms with E-state index < -0.39 is 4.92 Å². The van der Waals surface area contributed by atoms with E-state index in [1.807, 2.05) is 11.9 Å². The quantitative estimate of drug-likeness (QED) is 0.439. The van der Waals surface area contributed by atoms with Crippen LogP contribution >= 0.6 is 11.6 Å². The average molecular weight is 301 g/mol. The van der Waals surface area contributed by atoms with Gasteiger partial charge in [0.1, 0.15) is 6.61 Å². The molecular weight excluding hydrogens is 284 g/mol. The lowest BCUT2D eigenvalue weighted by Crippen LogP contribution is -2.26. The third-order valence-electron chi connectivity index (χ3n) is 2.81. The second kappa shape index (κ2) is 7.81. The predicted molar refractivity (Wildman–Crippen MR) is 75.9 cm³/mol. The average Bonchev–Trinajstić information content (AvgIpc) is 2.36. The molecule has 0 saturated heterocycles. The summed E-state index contributed by atoms with van der Waals surface area (Å²) < 4.78 is 4.84. The number of esters is 1. The molecule has 7 heteroatoms. The van der Waals surface area contributed by atoms with E-state index in [0.29, 0.717) is 36.7 Å². The van der Waals surface area contributed by atoms with Gasteiger partial charge in [0.2, 0.25) is 0 Å². The molecule has 20 heavy (non-hydrogen) atoms. The van der Waals surface area contributed by atoms with E-state index in [0.717, 1.165) is 0 Å². The van der Waals surface area contributed by atoms with Crippen molar-refractivity contribution in [3.63, 3.8) is 0 Å². The maximum absolute atomic E-state index is 10.9. The fraction of sp³-hybridized carbons (Fsp3) is 0.462. The van der Waals surface area contributed by atoms with Crippen LogP contribution in [0, 0.1) is 10.1 Å². The Hall–Kier alpha value is -1.66. The molecule has 0 aliphatic carbocycles.